The molecule has 0 spiro atoms. The summed E-state index contributed by atoms with van der Waals surface area (Å²) in [4.78, 5) is 6.77. The summed E-state index contributed by atoms with van der Waals surface area (Å²) in [6.07, 6.45) is 15.0. The fraction of sp³-hybridized carbons (Fsp3) is 0.824. The third-order valence-electron chi connectivity index (χ3n) is 3.96. The summed E-state index contributed by atoms with van der Waals surface area (Å²) in [5, 5.41) is 8.99. The molecule has 0 aliphatic carbocycles. The van der Waals surface area contributed by atoms with Gasteiger partial charge in [0.15, 0.2) is 0 Å². The van der Waals surface area contributed by atoms with Gasteiger partial charge in [0.1, 0.15) is 0 Å². The molecule has 0 saturated carbocycles. The molecular formula is C17H32N2O. The lowest BCUT2D eigenvalue weighted by atomic mass is 10.1. The van der Waals surface area contributed by atoms with Crippen LogP contribution < -0.4 is 0 Å². The molecule has 0 fully saturated rings. The van der Waals surface area contributed by atoms with Gasteiger partial charge in [-0.1, -0.05) is 44.6 Å². The van der Waals surface area contributed by atoms with Crippen LogP contribution >= 0.6 is 0 Å². The van der Waals surface area contributed by atoms with E-state index in [4.69, 9.17) is 5.11 Å². The second-order valence-electron chi connectivity index (χ2n) is 5.66. The first-order valence-corrected chi connectivity index (χ1v) is 8.38. The molecule has 0 aromatic carbocycles. The van der Waals surface area contributed by atoms with E-state index in [-0.39, 0.29) is 6.61 Å². The van der Waals surface area contributed by atoms with Crippen LogP contribution in [0.2, 0.25) is 0 Å². The quantitative estimate of drug-likeness (QED) is 0.412. The Balaban J connectivity index is 1.88. The van der Waals surface area contributed by atoms with Gasteiger partial charge in [0.2, 0.25) is 0 Å². The minimum Gasteiger partial charge on any atom is -0.395 e. The number of aliphatic hydroxyl groups excluding tert-OH is 1. The lowest BCUT2D eigenvalue weighted by Gasteiger charge is -2.18. The van der Waals surface area contributed by atoms with Crippen molar-refractivity contribution >= 4 is 5.84 Å². The van der Waals surface area contributed by atoms with Gasteiger partial charge < -0.3 is 10.0 Å². The molecule has 1 aliphatic heterocycles. The Morgan fingerprint density at radius 2 is 1.70 bits per heavy atom. The third-order valence-corrected chi connectivity index (χ3v) is 3.96. The van der Waals surface area contributed by atoms with Gasteiger partial charge in [-0.15, -0.1) is 6.58 Å². The van der Waals surface area contributed by atoms with Gasteiger partial charge in [0.25, 0.3) is 0 Å². The molecule has 3 heteroatoms. The van der Waals surface area contributed by atoms with Crippen molar-refractivity contribution in [1.82, 2.24) is 4.90 Å². The highest BCUT2D eigenvalue weighted by molar-refractivity contribution is 5.83. The van der Waals surface area contributed by atoms with Gasteiger partial charge >= 0.3 is 0 Å². The molecule has 0 saturated heterocycles. The number of β-amino-alcohol motifs (C(OH)–C–C–N with tert-alkyl or cyclic N) is 1. The van der Waals surface area contributed by atoms with E-state index >= 15 is 0 Å². The van der Waals surface area contributed by atoms with Crippen LogP contribution in [0.25, 0.3) is 0 Å². The van der Waals surface area contributed by atoms with Crippen LogP contribution in [-0.2, 0) is 0 Å². The van der Waals surface area contributed by atoms with Crippen molar-refractivity contribution in [2.75, 3.05) is 26.2 Å². The molecule has 0 amide bonds. The van der Waals surface area contributed by atoms with Crippen molar-refractivity contribution in [1.29, 1.82) is 0 Å². The van der Waals surface area contributed by atoms with Crippen LogP contribution in [0, 0.1) is 0 Å². The van der Waals surface area contributed by atoms with Crippen LogP contribution in [0.5, 0.6) is 0 Å². The first-order valence-electron chi connectivity index (χ1n) is 8.38. The molecule has 0 aromatic rings. The van der Waals surface area contributed by atoms with Gasteiger partial charge in [-0.05, 0) is 19.3 Å². The summed E-state index contributed by atoms with van der Waals surface area (Å²) in [6.45, 7) is 6.66. The van der Waals surface area contributed by atoms with Gasteiger partial charge in [0.05, 0.1) is 19.0 Å². The Kier molecular flexibility index (Phi) is 10.3. The summed E-state index contributed by atoms with van der Waals surface area (Å²) in [7, 11) is 0. The number of allylic oxidation sites excluding steroid dienone is 1. The average Bonchev–Trinajstić information content (AvgIpc) is 2.89. The van der Waals surface area contributed by atoms with Gasteiger partial charge in [-0.2, -0.15) is 0 Å². The molecule has 0 atom stereocenters. The van der Waals surface area contributed by atoms with Crippen molar-refractivity contribution in [3.8, 4) is 0 Å². The molecular weight excluding hydrogens is 248 g/mol. The molecule has 0 unspecified atom stereocenters. The molecule has 20 heavy (non-hydrogen) atoms. The third kappa shape index (κ3) is 7.68. The number of hydrogen-bond donors (Lipinski definition) is 1. The van der Waals surface area contributed by atoms with Crippen molar-refractivity contribution in [3.63, 3.8) is 0 Å². The fourth-order valence-electron chi connectivity index (χ4n) is 2.76. The summed E-state index contributed by atoms with van der Waals surface area (Å²) in [5.74, 6) is 1.23. The summed E-state index contributed by atoms with van der Waals surface area (Å²) in [5.41, 5.74) is 0. The second-order valence-corrected chi connectivity index (χ2v) is 5.66. The monoisotopic (exact) mass is 280 g/mol. The van der Waals surface area contributed by atoms with E-state index in [1.165, 1.54) is 63.6 Å². The van der Waals surface area contributed by atoms with Crippen molar-refractivity contribution in [2.24, 2.45) is 4.99 Å². The maximum Gasteiger partial charge on any atom is 0.0991 e. The maximum absolute atomic E-state index is 8.99. The Hall–Kier alpha value is -0.830. The topological polar surface area (TPSA) is 35.8 Å². The number of nitrogens with zero attached hydrogens (tertiary/aromatic N) is 2. The summed E-state index contributed by atoms with van der Waals surface area (Å²) in [6, 6.07) is 0. The Morgan fingerprint density at radius 3 is 2.35 bits per heavy atom. The lowest BCUT2D eigenvalue weighted by molar-refractivity contribution is 0.255. The maximum atomic E-state index is 8.99. The first kappa shape index (κ1) is 17.2. The smallest absolute Gasteiger partial charge is 0.0991 e. The predicted molar refractivity (Wildman–Crippen MR) is 87.3 cm³/mol. The van der Waals surface area contributed by atoms with Gasteiger partial charge in [-0.25, -0.2) is 0 Å². The van der Waals surface area contributed by atoms with E-state index in [1.54, 1.807) is 0 Å². The van der Waals surface area contributed by atoms with E-state index in [0.717, 1.165) is 26.1 Å². The molecule has 116 valence electrons. The predicted octanol–water partition coefficient (Wildman–Crippen LogP) is 3.78. The van der Waals surface area contributed by atoms with E-state index < -0.39 is 0 Å². The first-order chi connectivity index (χ1) is 9.88. The number of amidine groups is 1. The Bertz CT molecular complexity index is 276. The summed E-state index contributed by atoms with van der Waals surface area (Å²) >= 11 is 0. The molecule has 0 bridgehead atoms. The van der Waals surface area contributed by atoms with Crippen LogP contribution in [-0.4, -0.2) is 42.1 Å². The molecule has 0 aromatic heterocycles. The minimum absolute atomic E-state index is 0.241. The Labute approximate surface area is 124 Å². The van der Waals surface area contributed by atoms with Crippen LogP contribution in [0.3, 0.4) is 0 Å². The zero-order valence-electron chi connectivity index (χ0n) is 13.0. The fourth-order valence-corrected chi connectivity index (χ4v) is 2.76. The number of hydrogen-bond acceptors (Lipinski definition) is 3. The number of aliphatic hydroxyl groups is 1. The molecule has 0 radical (unpaired) electrons. The van der Waals surface area contributed by atoms with E-state index in [1.807, 2.05) is 6.08 Å². The summed E-state index contributed by atoms with van der Waals surface area (Å²) < 4.78 is 0. The van der Waals surface area contributed by atoms with Gasteiger partial charge in [-0.3, -0.25) is 4.99 Å². The average molecular weight is 280 g/mol. The second kappa shape index (κ2) is 12.0. The van der Waals surface area contributed by atoms with Crippen molar-refractivity contribution < 1.29 is 5.11 Å². The largest absolute Gasteiger partial charge is 0.395 e. The number of aliphatic imine (C=N–C) groups is 1. The van der Waals surface area contributed by atoms with E-state index in [9.17, 15) is 0 Å². The molecule has 1 N–H and O–H groups in total. The molecule has 3 nitrogen and oxygen atoms in total. The van der Waals surface area contributed by atoms with Crippen LogP contribution in [0.4, 0.5) is 0 Å². The molecule has 1 aliphatic rings. The van der Waals surface area contributed by atoms with E-state index in [2.05, 4.69) is 16.5 Å². The molecule has 1 heterocycles. The SMILES string of the molecule is C=CCCCCCCCCCCC1=NCCN1CCO. The van der Waals surface area contributed by atoms with E-state index in [0.29, 0.717) is 0 Å². The minimum atomic E-state index is 0.241. The number of rotatable bonds is 13. The lowest BCUT2D eigenvalue weighted by Crippen LogP contribution is -2.30. The number of unbranched alkanes of at least 4 members (excludes halogenated alkanes) is 8. The highest BCUT2D eigenvalue weighted by atomic mass is 16.3. The molecule has 1 rings (SSSR count). The standard InChI is InChI=1S/C17H32N2O/c1-2-3-4-5-6-7-8-9-10-11-12-17-18-13-14-19(17)15-16-20/h2,20H,1,3-16H2. The van der Waals surface area contributed by atoms with Gasteiger partial charge in [0, 0.05) is 19.5 Å². The normalized spacial score (nSPS) is 14.7. The zero-order chi connectivity index (χ0) is 14.5. The highest BCUT2D eigenvalue weighted by Gasteiger charge is 2.14. The zero-order valence-corrected chi connectivity index (χ0v) is 13.0. The highest BCUT2D eigenvalue weighted by Crippen LogP contribution is 2.13. The Morgan fingerprint density at radius 1 is 1.05 bits per heavy atom. The van der Waals surface area contributed by atoms with Crippen molar-refractivity contribution in [2.45, 2.75) is 64.2 Å². The van der Waals surface area contributed by atoms with Crippen molar-refractivity contribution in [3.05, 3.63) is 12.7 Å². The van der Waals surface area contributed by atoms with Crippen LogP contribution in [0.15, 0.2) is 17.6 Å². The van der Waals surface area contributed by atoms with Crippen LogP contribution in [0.1, 0.15) is 64.2 Å².